The van der Waals surface area contributed by atoms with E-state index < -0.39 is 29.6 Å². The van der Waals surface area contributed by atoms with Crippen LogP contribution < -0.4 is 14.8 Å². The van der Waals surface area contributed by atoms with Gasteiger partial charge in [0, 0.05) is 21.8 Å². The first kappa shape index (κ1) is 29.0. The van der Waals surface area contributed by atoms with E-state index in [1.165, 1.54) is 12.1 Å². The topological polar surface area (TPSA) is 97.8 Å². The molecule has 0 aliphatic heterocycles. The molecule has 7 rings (SSSR count). The zero-order valence-corrected chi connectivity index (χ0v) is 24.9. The average molecular weight is 652 g/mol. The molecule has 0 radical (unpaired) electrons. The van der Waals surface area contributed by atoms with Crippen LogP contribution in [0.4, 0.5) is 8.78 Å². The van der Waals surface area contributed by atoms with Gasteiger partial charge in [0.15, 0.2) is 11.5 Å². The highest BCUT2D eigenvalue weighted by molar-refractivity contribution is 9.10. The Morgan fingerprint density at radius 1 is 1.00 bits per heavy atom. The lowest BCUT2D eigenvalue weighted by atomic mass is 9.55. The maximum absolute atomic E-state index is 14.4. The Bertz CT molecular complexity index is 1710. The number of fused-ring (bicyclic) bond motifs is 4. The molecule has 0 saturated heterocycles. The van der Waals surface area contributed by atoms with Crippen molar-refractivity contribution >= 4 is 38.7 Å². The number of benzene rings is 3. The van der Waals surface area contributed by atoms with E-state index in [1.54, 1.807) is 12.1 Å². The molecule has 2 bridgehead atoms. The third-order valence-electron chi connectivity index (χ3n) is 8.91. The Labute approximate surface area is 255 Å². The highest BCUT2D eigenvalue weighted by Crippen LogP contribution is 2.54. The van der Waals surface area contributed by atoms with E-state index in [0.29, 0.717) is 53.4 Å². The van der Waals surface area contributed by atoms with Crippen LogP contribution in [0.15, 0.2) is 77.3 Å². The molecule has 3 fully saturated rings. The van der Waals surface area contributed by atoms with Crippen molar-refractivity contribution in [2.24, 2.45) is 5.41 Å². The van der Waals surface area contributed by atoms with Gasteiger partial charge in [0.05, 0.1) is 27.7 Å². The number of carboxylic acids is 1. The number of ether oxygens (including phenoxy) is 2. The number of aliphatic carboxylic acids is 1. The van der Waals surface area contributed by atoms with Crippen molar-refractivity contribution in [2.75, 3.05) is 0 Å². The smallest absolute Gasteiger partial charge is 0.387 e. The molecule has 43 heavy (non-hydrogen) atoms. The number of alkyl halides is 2. The zero-order chi connectivity index (χ0) is 30.4. The molecule has 7 nitrogen and oxygen atoms in total. The van der Waals surface area contributed by atoms with Crippen molar-refractivity contribution in [3.63, 3.8) is 0 Å². The molecule has 3 aromatic carbocycles. The van der Waals surface area contributed by atoms with E-state index in [4.69, 9.17) is 9.72 Å². The molecule has 3 aliphatic rings. The molecule has 0 unspecified atom stereocenters. The van der Waals surface area contributed by atoms with Crippen molar-refractivity contribution in [3.8, 4) is 22.8 Å². The number of nitrogens with zero attached hydrogens (tertiary/aromatic N) is 1. The lowest BCUT2D eigenvalue weighted by Gasteiger charge is -2.55. The van der Waals surface area contributed by atoms with Crippen LogP contribution >= 0.6 is 15.9 Å². The number of carbonyl (C=O) groups excluding carboxylic acids is 1. The van der Waals surface area contributed by atoms with Gasteiger partial charge >= 0.3 is 12.6 Å². The van der Waals surface area contributed by atoms with Gasteiger partial charge in [-0.05, 0) is 68.5 Å². The Kier molecular flexibility index (Phi) is 7.58. The first-order valence-corrected chi connectivity index (χ1v) is 14.8. The summed E-state index contributed by atoms with van der Waals surface area (Å²) in [5.74, 6) is -1.35. The number of hydrogen-bond acceptors (Lipinski definition) is 5. The number of carbonyl (C=O) groups is 2. The van der Waals surface area contributed by atoms with Gasteiger partial charge in [-0.3, -0.25) is 9.59 Å². The molecule has 1 atom stereocenters. The quantitative estimate of drug-likeness (QED) is 0.204. The Balaban J connectivity index is 1.42. The van der Waals surface area contributed by atoms with E-state index in [2.05, 4.69) is 26.0 Å². The van der Waals surface area contributed by atoms with Gasteiger partial charge in [-0.1, -0.05) is 58.4 Å². The van der Waals surface area contributed by atoms with Gasteiger partial charge in [-0.2, -0.15) is 8.78 Å². The molecule has 1 amide bonds. The fourth-order valence-corrected chi connectivity index (χ4v) is 6.96. The van der Waals surface area contributed by atoms with Gasteiger partial charge in [-0.15, -0.1) is 0 Å². The van der Waals surface area contributed by atoms with Crippen LogP contribution in [0.5, 0.6) is 11.5 Å². The van der Waals surface area contributed by atoms with Crippen LogP contribution in [-0.4, -0.2) is 40.2 Å². The van der Waals surface area contributed by atoms with Crippen molar-refractivity contribution in [3.05, 3.63) is 88.4 Å². The first-order valence-electron chi connectivity index (χ1n) is 14.0. The molecule has 0 spiro atoms. The predicted molar refractivity (Wildman–Crippen MR) is 160 cm³/mol. The number of halogens is 3. The second-order valence-electron chi connectivity index (χ2n) is 11.3. The number of carboxylic acid groups (broad SMARTS) is 1. The van der Waals surface area contributed by atoms with Gasteiger partial charge in [0.2, 0.25) is 0 Å². The van der Waals surface area contributed by atoms with Gasteiger partial charge < -0.3 is 19.9 Å². The highest BCUT2D eigenvalue weighted by Gasteiger charge is 2.60. The minimum absolute atomic E-state index is 0.0651. The minimum Gasteiger partial charge on any atom is -0.484 e. The highest BCUT2D eigenvalue weighted by atomic mass is 79.9. The largest absolute Gasteiger partial charge is 0.484 e. The lowest BCUT2D eigenvalue weighted by molar-refractivity contribution is -0.163. The molecule has 3 aliphatic carbocycles. The standard InChI is InChI=1S/C33H29BrF2N2O5/c1-19-27(22-17-21(34)11-12-23(22)37-28(19)20-7-3-2-4-8-20)29(39)38-33-15-13-32(14-16-33,30(40)41)18-26(33)42-24-9-5-6-10-25(24)43-31(35)36/h2-12,17,26,31H,13-16,18H2,1H3,(H,38,39)(H,40,41)/t26-,32?,33?/m0/s1. The van der Waals surface area contributed by atoms with Gasteiger partial charge in [0.1, 0.15) is 6.10 Å². The number of rotatable bonds is 8. The Hall–Kier alpha value is -4.05. The van der Waals surface area contributed by atoms with Crippen LogP contribution in [0.1, 0.15) is 48.0 Å². The molecular weight excluding hydrogens is 622 g/mol. The summed E-state index contributed by atoms with van der Waals surface area (Å²) in [6, 6.07) is 21.3. The van der Waals surface area contributed by atoms with Crippen molar-refractivity contribution in [2.45, 2.75) is 57.3 Å². The van der Waals surface area contributed by atoms with E-state index in [0.717, 1.165) is 10.0 Å². The Morgan fingerprint density at radius 3 is 2.35 bits per heavy atom. The van der Waals surface area contributed by atoms with Crippen LogP contribution in [0.25, 0.3) is 22.2 Å². The maximum atomic E-state index is 14.4. The zero-order valence-electron chi connectivity index (χ0n) is 23.3. The number of para-hydroxylation sites is 2. The van der Waals surface area contributed by atoms with Crippen molar-refractivity contribution in [1.29, 1.82) is 0 Å². The minimum atomic E-state index is -3.06. The summed E-state index contributed by atoms with van der Waals surface area (Å²) >= 11 is 3.52. The first-order chi connectivity index (χ1) is 20.6. The summed E-state index contributed by atoms with van der Waals surface area (Å²) in [7, 11) is 0. The monoisotopic (exact) mass is 650 g/mol. The van der Waals surface area contributed by atoms with Crippen molar-refractivity contribution < 1.29 is 33.0 Å². The maximum Gasteiger partial charge on any atom is 0.387 e. The van der Waals surface area contributed by atoms with E-state index in [1.807, 2.05) is 55.5 Å². The SMILES string of the molecule is Cc1c(-c2ccccc2)nc2ccc(Br)cc2c1C(=O)NC12CCC(C(=O)O)(CC1)C[C@@H]2Oc1ccccc1OC(F)F. The Morgan fingerprint density at radius 2 is 1.67 bits per heavy atom. The van der Waals surface area contributed by atoms with Gasteiger partial charge in [0.25, 0.3) is 5.91 Å². The lowest BCUT2D eigenvalue weighted by Crippen LogP contribution is -2.67. The number of nitrogens with one attached hydrogen (secondary N) is 1. The molecule has 1 aromatic heterocycles. The summed E-state index contributed by atoms with van der Waals surface area (Å²) < 4.78 is 38.1. The summed E-state index contributed by atoms with van der Waals surface area (Å²) in [5, 5.41) is 14.1. The fraction of sp³-hybridized carbons (Fsp3) is 0.303. The molecule has 1 heterocycles. The number of hydrogen-bond donors (Lipinski definition) is 2. The van der Waals surface area contributed by atoms with Crippen LogP contribution in [-0.2, 0) is 4.79 Å². The second kappa shape index (κ2) is 11.2. The number of amides is 1. The third kappa shape index (κ3) is 5.33. The number of aromatic nitrogens is 1. The van der Waals surface area contributed by atoms with Crippen LogP contribution in [0, 0.1) is 12.3 Å². The van der Waals surface area contributed by atoms with E-state index in [9.17, 15) is 23.5 Å². The molecule has 2 N–H and O–H groups in total. The van der Waals surface area contributed by atoms with E-state index >= 15 is 0 Å². The van der Waals surface area contributed by atoms with Crippen LogP contribution in [0.3, 0.4) is 0 Å². The van der Waals surface area contributed by atoms with Gasteiger partial charge in [-0.25, -0.2) is 4.98 Å². The van der Waals surface area contributed by atoms with E-state index in [-0.39, 0.29) is 23.8 Å². The number of pyridine rings is 1. The normalized spacial score (nSPS) is 22.9. The summed E-state index contributed by atoms with van der Waals surface area (Å²) in [6.45, 7) is -1.20. The summed E-state index contributed by atoms with van der Waals surface area (Å²) in [4.78, 5) is 31.7. The molecular formula is C33H29BrF2N2O5. The summed E-state index contributed by atoms with van der Waals surface area (Å²) in [5.41, 5.74) is 1.40. The average Bonchev–Trinajstić information content (AvgIpc) is 2.98. The summed E-state index contributed by atoms with van der Waals surface area (Å²) in [6.07, 6.45) is 0.729. The second-order valence-corrected chi connectivity index (χ2v) is 12.2. The fourth-order valence-electron chi connectivity index (χ4n) is 6.60. The molecule has 4 aromatic rings. The molecule has 222 valence electrons. The predicted octanol–water partition coefficient (Wildman–Crippen LogP) is 7.54. The third-order valence-corrected chi connectivity index (χ3v) is 9.40. The molecule has 3 saturated carbocycles. The van der Waals surface area contributed by atoms with Crippen molar-refractivity contribution in [1.82, 2.24) is 10.3 Å². The van der Waals surface area contributed by atoms with Crippen LogP contribution in [0.2, 0.25) is 0 Å². The molecule has 10 heteroatoms.